The number of ketones is 1. The van der Waals surface area contributed by atoms with Crippen molar-refractivity contribution in [2.75, 3.05) is 38.4 Å². The molecule has 1 amide bonds. The van der Waals surface area contributed by atoms with Gasteiger partial charge < -0.3 is 14.2 Å². The van der Waals surface area contributed by atoms with Crippen molar-refractivity contribution >= 4 is 23.3 Å². The molecule has 1 aliphatic heterocycles. The van der Waals surface area contributed by atoms with Crippen LogP contribution in [0.3, 0.4) is 0 Å². The second kappa shape index (κ2) is 7.73. The number of hydrogen-bond acceptors (Lipinski definition) is 6. The van der Waals surface area contributed by atoms with Crippen molar-refractivity contribution in [2.24, 2.45) is 0 Å². The smallest absolute Gasteiger partial charge is 0.326 e. The van der Waals surface area contributed by atoms with Gasteiger partial charge in [-0.25, -0.2) is 0 Å². The minimum absolute atomic E-state index is 0.0477. The zero-order chi connectivity index (χ0) is 16.8. The third-order valence-corrected chi connectivity index (χ3v) is 3.38. The molecule has 124 valence electrons. The molecule has 1 heterocycles. The van der Waals surface area contributed by atoms with E-state index in [-0.39, 0.29) is 38.1 Å². The number of esters is 1. The first-order valence-corrected chi connectivity index (χ1v) is 7.31. The van der Waals surface area contributed by atoms with Crippen LogP contribution in [-0.2, 0) is 19.1 Å². The summed E-state index contributed by atoms with van der Waals surface area (Å²) in [5.41, 5.74) is 0.881. The molecular weight excluding hydrogens is 302 g/mol. The number of carbonyl (C=O) groups is 3. The molecule has 0 radical (unpaired) electrons. The molecule has 2 rings (SSSR count). The summed E-state index contributed by atoms with van der Waals surface area (Å²) in [7, 11) is 1.50. The molecule has 0 fully saturated rings. The molecule has 0 aliphatic carbocycles. The molecule has 0 atom stereocenters. The third-order valence-electron chi connectivity index (χ3n) is 3.38. The lowest BCUT2D eigenvalue weighted by molar-refractivity contribution is -0.144. The van der Waals surface area contributed by atoms with Gasteiger partial charge in [0.15, 0.2) is 12.4 Å². The number of ether oxygens (including phenoxy) is 3. The standard InChI is InChI=1S/C16H19NO6/c1-3-13(18)11-4-5-14-12(8-11)17(15(19)10-23-14)9-16(20)22-7-6-21-2/h4-5,8H,3,6-7,9-10H2,1-2H3. The molecule has 0 aromatic heterocycles. The number of nitrogens with zero attached hydrogens (tertiary/aromatic N) is 1. The van der Waals surface area contributed by atoms with Gasteiger partial charge in [-0.1, -0.05) is 6.92 Å². The highest BCUT2D eigenvalue weighted by Gasteiger charge is 2.28. The lowest BCUT2D eigenvalue weighted by atomic mass is 10.1. The van der Waals surface area contributed by atoms with Crippen molar-refractivity contribution in [3.05, 3.63) is 23.8 Å². The van der Waals surface area contributed by atoms with Crippen LogP contribution in [0.25, 0.3) is 0 Å². The fourth-order valence-corrected chi connectivity index (χ4v) is 2.17. The maximum absolute atomic E-state index is 12.1. The maximum Gasteiger partial charge on any atom is 0.326 e. The molecule has 0 saturated heterocycles. The van der Waals surface area contributed by atoms with Gasteiger partial charge in [-0.15, -0.1) is 0 Å². The minimum atomic E-state index is -0.546. The summed E-state index contributed by atoms with van der Waals surface area (Å²) in [6.07, 6.45) is 0.354. The number of Topliss-reactive ketones (excluding diaryl/α,β-unsaturated/α-hetero) is 1. The molecule has 1 aliphatic rings. The van der Waals surface area contributed by atoms with Gasteiger partial charge in [0, 0.05) is 19.1 Å². The number of anilines is 1. The van der Waals surface area contributed by atoms with Gasteiger partial charge in [-0.3, -0.25) is 19.3 Å². The molecule has 1 aromatic rings. The third kappa shape index (κ3) is 4.07. The van der Waals surface area contributed by atoms with Crippen molar-refractivity contribution in [3.8, 4) is 5.75 Å². The van der Waals surface area contributed by atoms with Gasteiger partial charge in [0.05, 0.1) is 12.3 Å². The van der Waals surface area contributed by atoms with E-state index in [0.29, 0.717) is 23.4 Å². The topological polar surface area (TPSA) is 82.1 Å². The Hall–Kier alpha value is -2.41. The van der Waals surface area contributed by atoms with Crippen LogP contribution in [0.15, 0.2) is 18.2 Å². The monoisotopic (exact) mass is 321 g/mol. The summed E-state index contributed by atoms with van der Waals surface area (Å²) in [5, 5.41) is 0. The Labute approximate surface area is 134 Å². The SMILES string of the molecule is CCC(=O)c1ccc2c(c1)N(CC(=O)OCCOC)C(=O)CO2. The van der Waals surface area contributed by atoms with Crippen LogP contribution in [-0.4, -0.2) is 51.1 Å². The molecule has 0 spiro atoms. The van der Waals surface area contributed by atoms with Gasteiger partial charge in [-0.2, -0.15) is 0 Å². The van der Waals surface area contributed by atoms with Gasteiger partial charge in [0.25, 0.3) is 5.91 Å². The summed E-state index contributed by atoms with van der Waals surface area (Å²) in [6.45, 7) is 1.78. The van der Waals surface area contributed by atoms with Gasteiger partial charge in [0.1, 0.15) is 18.9 Å². The predicted octanol–water partition coefficient (Wildman–Crippen LogP) is 1.19. The highest BCUT2D eigenvalue weighted by molar-refractivity contribution is 6.03. The summed E-state index contributed by atoms with van der Waals surface area (Å²) in [6, 6.07) is 4.85. The summed E-state index contributed by atoms with van der Waals surface area (Å²) in [5.74, 6) is -0.492. The largest absolute Gasteiger partial charge is 0.482 e. The van der Waals surface area contributed by atoms with Crippen LogP contribution < -0.4 is 9.64 Å². The van der Waals surface area contributed by atoms with Crippen LogP contribution in [0, 0.1) is 0 Å². The molecule has 23 heavy (non-hydrogen) atoms. The van der Waals surface area contributed by atoms with E-state index in [1.807, 2.05) is 0 Å². The van der Waals surface area contributed by atoms with Crippen molar-refractivity contribution in [1.82, 2.24) is 0 Å². The average molecular weight is 321 g/mol. The van der Waals surface area contributed by atoms with Gasteiger partial charge >= 0.3 is 5.97 Å². The first kappa shape index (κ1) is 17.0. The molecule has 7 heteroatoms. The van der Waals surface area contributed by atoms with E-state index >= 15 is 0 Å². The number of carbonyl (C=O) groups excluding carboxylic acids is 3. The zero-order valence-electron chi connectivity index (χ0n) is 13.2. The van der Waals surface area contributed by atoms with Crippen LogP contribution in [0.5, 0.6) is 5.75 Å². The van der Waals surface area contributed by atoms with Crippen LogP contribution in [0.1, 0.15) is 23.7 Å². The van der Waals surface area contributed by atoms with E-state index in [1.165, 1.54) is 12.0 Å². The summed E-state index contributed by atoms with van der Waals surface area (Å²) >= 11 is 0. The zero-order valence-corrected chi connectivity index (χ0v) is 13.2. The van der Waals surface area contributed by atoms with E-state index in [2.05, 4.69) is 0 Å². The lowest BCUT2D eigenvalue weighted by Crippen LogP contribution is -2.42. The predicted molar refractivity (Wildman–Crippen MR) is 81.7 cm³/mol. The first-order valence-electron chi connectivity index (χ1n) is 7.31. The van der Waals surface area contributed by atoms with E-state index in [9.17, 15) is 14.4 Å². The Kier molecular flexibility index (Phi) is 5.70. The first-order chi connectivity index (χ1) is 11.1. The van der Waals surface area contributed by atoms with Crippen LogP contribution >= 0.6 is 0 Å². The molecule has 1 aromatic carbocycles. The number of methoxy groups -OCH3 is 1. The van der Waals surface area contributed by atoms with Gasteiger partial charge in [-0.05, 0) is 18.2 Å². The second-order valence-electron chi connectivity index (χ2n) is 4.94. The highest BCUT2D eigenvalue weighted by Crippen LogP contribution is 2.33. The molecule has 0 bridgehead atoms. The number of rotatable bonds is 7. The Morgan fingerprint density at radius 1 is 1.30 bits per heavy atom. The van der Waals surface area contributed by atoms with E-state index in [0.717, 1.165) is 0 Å². The van der Waals surface area contributed by atoms with E-state index < -0.39 is 5.97 Å². The summed E-state index contributed by atoms with van der Waals surface area (Å²) in [4.78, 5) is 37.0. The van der Waals surface area contributed by atoms with Crippen molar-refractivity contribution in [1.29, 1.82) is 0 Å². The molecular formula is C16H19NO6. The van der Waals surface area contributed by atoms with E-state index in [1.54, 1.807) is 25.1 Å². The Morgan fingerprint density at radius 2 is 2.09 bits per heavy atom. The fraction of sp³-hybridized carbons (Fsp3) is 0.438. The number of hydrogen-bond donors (Lipinski definition) is 0. The second-order valence-corrected chi connectivity index (χ2v) is 4.94. The average Bonchev–Trinajstić information content (AvgIpc) is 2.56. The Balaban J connectivity index is 2.19. The molecule has 0 unspecified atom stereocenters. The Morgan fingerprint density at radius 3 is 2.78 bits per heavy atom. The van der Waals surface area contributed by atoms with Crippen molar-refractivity contribution < 1.29 is 28.6 Å². The van der Waals surface area contributed by atoms with E-state index in [4.69, 9.17) is 14.2 Å². The number of fused-ring (bicyclic) bond motifs is 1. The van der Waals surface area contributed by atoms with Gasteiger partial charge in [0.2, 0.25) is 0 Å². The summed E-state index contributed by atoms with van der Waals surface area (Å²) < 4.78 is 15.1. The van der Waals surface area contributed by atoms with Crippen LogP contribution in [0.4, 0.5) is 5.69 Å². The molecule has 0 N–H and O–H groups in total. The quantitative estimate of drug-likeness (QED) is 0.426. The normalized spacial score (nSPS) is 13.3. The minimum Gasteiger partial charge on any atom is -0.482 e. The fourth-order valence-electron chi connectivity index (χ4n) is 2.17. The molecule has 7 nitrogen and oxygen atoms in total. The van der Waals surface area contributed by atoms with Crippen molar-refractivity contribution in [2.45, 2.75) is 13.3 Å². The lowest BCUT2D eigenvalue weighted by Gasteiger charge is -2.29. The number of benzene rings is 1. The van der Waals surface area contributed by atoms with Crippen molar-refractivity contribution in [3.63, 3.8) is 0 Å². The Bertz CT molecular complexity index is 613. The maximum atomic E-state index is 12.1. The number of amides is 1. The highest BCUT2D eigenvalue weighted by atomic mass is 16.6. The van der Waals surface area contributed by atoms with Crippen LogP contribution in [0.2, 0.25) is 0 Å². The molecule has 0 saturated carbocycles.